The number of hydrogen-bond donors (Lipinski definition) is 3. The number of nitrogens with zero attached hydrogens (tertiary/aromatic N) is 1. The summed E-state index contributed by atoms with van der Waals surface area (Å²) < 4.78 is 0. The number of nitrogens with two attached hydrogens (primary N) is 1. The van der Waals surface area contributed by atoms with Gasteiger partial charge < -0.3 is 11.1 Å². The van der Waals surface area contributed by atoms with E-state index in [0.29, 0.717) is 12.2 Å². The molecule has 5 heteroatoms. The number of aromatic amines is 1. The topological polar surface area (TPSA) is 83.8 Å². The first-order valence-corrected chi connectivity index (χ1v) is 5.27. The van der Waals surface area contributed by atoms with E-state index in [1.165, 1.54) is 0 Å². The van der Waals surface area contributed by atoms with Crippen molar-refractivity contribution in [1.29, 1.82) is 0 Å². The molecule has 1 heterocycles. The summed E-state index contributed by atoms with van der Waals surface area (Å²) in [4.78, 5) is 11.6. The molecule has 0 spiro atoms. The minimum Gasteiger partial charge on any atom is -0.320 e. The van der Waals surface area contributed by atoms with Gasteiger partial charge in [-0.3, -0.25) is 9.89 Å². The molecule has 1 unspecified atom stereocenters. The first-order valence-electron chi connectivity index (χ1n) is 5.27. The number of rotatable bonds is 5. The van der Waals surface area contributed by atoms with E-state index in [4.69, 9.17) is 5.73 Å². The summed E-state index contributed by atoms with van der Waals surface area (Å²) >= 11 is 0. The zero-order valence-electron chi connectivity index (χ0n) is 9.21. The molecule has 0 aliphatic rings. The molecule has 0 fully saturated rings. The average molecular weight is 210 g/mol. The SMILES string of the molecule is CCCC(N)C(=O)Nc1[nH]ncc1CC. The van der Waals surface area contributed by atoms with Gasteiger partial charge in [0.2, 0.25) is 5.91 Å². The Morgan fingerprint density at radius 2 is 2.40 bits per heavy atom. The lowest BCUT2D eigenvalue weighted by atomic mass is 10.1. The number of H-pyrrole nitrogens is 1. The van der Waals surface area contributed by atoms with Crippen LogP contribution in [0.15, 0.2) is 6.20 Å². The fourth-order valence-corrected chi connectivity index (χ4v) is 1.35. The standard InChI is InChI=1S/C10H18N4O/c1-3-5-8(11)10(15)13-9-7(4-2)6-12-14-9/h6,8H,3-5,11H2,1-2H3,(H2,12,13,14,15). The molecule has 1 rings (SSSR count). The molecule has 0 saturated heterocycles. The van der Waals surface area contributed by atoms with Gasteiger partial charge in [0.25, 0.3) is 0 Å². The van der Waals surface area contributed by atoms with Crippen LogP contribution in [0.25, 0.3) is 0 Å². The fraction of sp³-hybridized carbons (Fsp3) is 0.600. The summed E-state index contributed by atoms with van der Waals surface area (Å²) in [5, 5.41) is 9.36. The van der Waals surface area contributed by atoms with E-state index in [1.807, 2.05) is 13.8 Å². The Kier molecular flexibility index (Phi) is 4.30. The van der Waals surface area contributed by atoms with Crippen LogP contribution in [-0.4, -0.2) is 22.1 Å². The van der Waals surface area contributed by atoms with Crippen LogP contribution in [0.4, 0.5) is 5.82 Å². The van der Waals surface area contributed by atoms with Crippen molar-refractivity contribution in [2.75, 3.05) is 5.32 Å². The first kappa shape index (κ1) is 11.7. The van der Waals surface area contributed by atoms with Crippen LogP contribution in [0.2, 0.25) is 0 Å². The Labute approximate surface area is 89.4 Å². The number of aromatic nitrogens is 2. The highest BCUT2D eigenvalue weighted by Crippen LogP contribution is 2.11. The predicted molar refractivity (Wildman–Crippen MR) is 59.5 cm³/mol. The third-order valence-corrected chi connectivity index (χ3v) is 2.28. The van der Waals surface area contributed by atoms with Gasteiger partial charge in [-0.2, -0.15) is 5.10 Å². The molecule has 0 aliphatic carbocycles. The van der Waals surface area contributed by atoms with Gasteiger partial charge in [0.15, 0.2) is 0 Å². The quantitative estimate of drug-likeness (QED) is 0.679. The van der Waals surface area contributed by atoms with Crippen LogP contribution < -0.4 is 11.1 Å². The Balaban J connectivity index is 2.58. The molecule has 0 aromatic carbocycles. The molecule has 1 aromatic rings. The van der Waals surface area contributed by atoms with Crippen LogP contribution >= 0.6 is 0 Å². The summed E-state index contributed by atoms with van der Waals surface area (Å²) in [5.41, 5.74) is 6.68. The van der Waals surface area contributed by atoms with Crippen LogP contribution in [0.5, 0.6) is 0 Å². The molecule has 15 heavy (non-hydrogen) atoms. The molecule has 0 bridgehead atoms. The van der Waals surface area contributed by atoms with Crippen molar-refractivity contribution >= 4 is 11.7 Å². The highest BCUT2D eigenvalue weighted by Gasteiger charge is 2.14. The van der Waals surface area contributed by atoms with E-state index < -0.39 is 6.04 Å². The number of nitrogens with one attached hydrogen (secondary N) is 2. The monoisotopic (exact) mass is 210 g/mol. The molecular weight excluding hydrogens is 192 g/mol. The number of hydrogen-bond acceptors (Lipinski definition) is 3. The Hall–Kier alpha value is -1.36. The molecule has 1 aromatic heterocycles. The van der Waals surface area contributed by atoms with Crippen molar-refractivity contribution in [3.8, 4) is 0 Å². The molecule has 1 atom stereocenters. The summed E-state index contributed by atoms with van der Waals surface area (Å²) in [6.07, 6.45) is 4.13. The average Bonchev–Trinajstić information content (AvgIpc) is 2.65. The van der Waals surface area contributed by atoms with E-state index in [2.05, 4.69) is 15.5 Å². The molecule has 0 saturated carbocycles. The summed E-state index contributed by atoms with van der Waals surface area (Å²) in [6.45, 7) is 4.01. The maximum atomic E-state index is 11.6. The van der Waals surface area contributed by atoms with Crippen molar-refractivity contribution in [3.63, 3.8) is 0 Å². The third kappa shape index (κ3) is 3.06. The maximum absolute atomic E-state index is 11.6. The van der Waals surface area contributed by atoms with Gasteiger partial charge in [0, 0.05) is 5.56 Å². The molecule has 84 valence electrons. The van der Waals surface area contributed by atoms with Crippen molar-refractivity contribution in [2.45, 2.75) is 39.2 Å². The number of amides is 1. The van der Waals surface area contributed by atoms with E-state index in [-0.39, 0.29) is 5.91 Å². The Morgan fingerprint density at radius 3 is 3.00 bits per heavy atom. The minimum atomic E-state index is -0.442. The minimum absolute atomic E-state index is 0.157. The molecule has 0 aliphatic heterocycles. The lowest BCUT2D eigenvalue weighted by molar-refractivity contribution is -0.117. The van der Waals surface area contributed by atoms with Gasteiger partial charge in [0.05, 0.1) is 12.2 Å². The highest BCUT2D eigenvalue weighted by atomic mass is 16.2. The molecular formula is C10H18N4O. The van der Waals surface area contributed by atoms with Gasteiger partial charge in [-0.25, -0.2) is 0 Å². The van der Waals surface area contributed by atoms with Crippen LogP contribution in [0.1, 0.15) is 32.3 Å². The zero-order chi connectivity index (χ0) is 11.3. The third-order valence-electron chi connectivity index (χ3n) is 2.28. The maximum Gasteiger partial charge on any atom is 0.242 e. The number of carbonyl (C=O) groups excluding carboxylic acids is 1. The van der Waals surface area contributed by atoms with Crippen molar-refractivity contribution in [1.82, 2.24) is 10.2 Å². The molecule has 0 radical (unpaired) electrons. The van der Waals surface area contributed by atoms with Gasteiger partial charge in [0.1, 0.15) is 5.82 Å². The van der Waals surface area contributed by atoms with E-state index in [9.17, 15) is 4.79 Å². The second kappa shape index (κ2) is 5.50. The van der Waals surface area contributed by atoms with Gasteiger partial charge in [-0.05, 0) is 12.8 Å². The second-order valence-electron chi connectivity index (χ2n) is 3.51. The van der Waals surface area contributed by atoms with Crippen molar-refractivity contribution in [2.24, 2.45) is 5.73 Å². The predicted octanol–water partition coefficient (Wildman–Crippen LogP) is 1.04. The van der Waals surface area contributed by atoms with E-state index >= 15 is 0 Å². The number of carbonyl (C=O) groups is 1. The Bertz CT molecular complexity index is 321. The largest absolute Gasteiger partial charge is 0.320 e. The molecule has 4 N–H and O–H groups in total. The van der Waals surface area contributed by atoms with Crippen molar-refractivity contribution in [3.05, 3.63) is 11.8 Å². The fourth-order valence-electron chi connectivity index (χ4n) is 1.35. The highest BCUT2D eigenvalue weighted by molar-refractivity contribution is 5.94. The normalized spacial score (nSPS) is 12.5. The van der Waals surface area contributed by atoms with Crippen molar-refractivity contribution < 1.29 is 4.79 Å². The van der Waals surface area contributed by atoms with Crippen LogP contribution in [0.3, 0.4) is 0 Å². The van der Waals surface area contributed by atoms with E-state index in [0.717, 1.165) is 18.4 Å². The van der Waals surface area contributed by atoms with Gasteiger partial charge in [-0.1, -0.05) is 20.3 Å². The Morgan fingerprint density at radius 1 is 1.67 bits per heavy atom. The molecule has 1 amide bonds. The zero-order valence-corrected chi connectivity index (χ0v) is 9.21. The van der Waals surface area contributed by atoms with Crippen LogP contribution in [-0.2, 0) is 11.2 Å². The smallest absolute Gasteiger partial charge is 0.242 e. The van der Waals surface area contributed by atoms with Crippen LogP contribution in [0, 0.1) is 0 Å². The number of aryl methyl sites for hydroxylation is 1. The first-order chi connectivity index (χ1) is 7.19. The lowest BCUT2D eigenvalue weighted by Gasteiger charge is -2.10. The summed E-state index contributed by atoms with van der Waals surface area (Å²) in [7, 11) is 0. The van der Waals surface area contributed by atoms with Gasteiger partial charge in [-0.15, -0.1) is 0 Å². The molecule has 5 nitrogen and oxygen atoms in total. The number of anilines is 1. The van der Waals surface area contributed by atoms with Gasteiger partial charge >= 0.3 is 0 Å². The van der Waals surface area contributed by atoms with E-state index in [1.54, 1.807) is 6.20 Å². The lowest BCUT2D eigenvalue weighted by Crippen LogP contribution is -2.35. The summed E-state index contributed by atoms with van der Waals surface area (Å²) in [6, 6.07) is -0.442. The summed E-state index contributed by atoms with van der Waals surface area (Å²) in [5.74, 6) is 0.504. The second-order valence-corrected chi connectivity index (χ2v) is 3.51.